The molecular weight excluding hydrogens is 114 g/mol. The predicted octanol–water partition coefficient (Wildman–Crippen LogP) is 1.09. The minimum Gasteiger partial charge on any atom is -0.391 e. The Balaban J connectivity index is 4.28. The molecule has 52 valence electrons. The zero-order chi connectivity index (χ0) is 7.44. The van der Waals surface area contributed by atoms with Crippen LogP contribution < -0.4 is 5.32 Å². The first-order valence-corrected chi connectivity index (χ1v) is 2.95. The van der Waals surface area contributed by atoms with E-state index in [-0.39, 0.29) is 5.78 Å². The molecule has 0 saturated carbocycles. The summed E-state index contributed by atoms with van der Waals surface area (Å²) in [6.45, 7) is 5.26. The quantitative estimate of drug-likeness (QED) is 0.562. The Morgan fingerprint density at radius 3 is 1.78 bits per heavy atom. The van der Waals surface area contributed by atoms with Crippen molar-refractivity contribution in [3.8, 4) is 0 Å². The summed E-state index contributed by atoms with van der Waals surface area (Å²) >= 11 is 0. The molecule has 0 saturated heterocycles. The van der Waals surface area contributed by atoms with Crippen LogP contribution in [0.3, 0.4) is 0 Å². The van der Waals surface area contributed by atoms with Crippen molar-refractivity contribution >= 4 is 5.78 Å². The minimum absolute atomic E-state index is 0.127. The third kappa shape index (κ3) is 2.31. The Bertz CT molecular complexity index is 147. The summed E-state index contributed by atoms with van der Waals surface area (Å²) in [6, 6.07) is 0. The lowest BCUT2D eigenvalue weighted by Gasteiger charge is -2.01. The molecule has 0 amide bonds. The number of hydrogen-bond donors (Lipinski definition) is 1. The third-order valence-electron chi connectivity index (χ3n) is 1.47. The van der Waals surface area contributed by atoms with Gasteiger partial charge in [0.1, 0.15) is 0 Å². The molecule has 0 bridgehead atoms. The van der Waals surface area contributed by atoms with Gasteiger partial charge in [-0.25, -0.2) is 0 Å². The highest BCUT2D eigenvalue weighted by molar-refractivity contribution is 5.93. The summed E-state index contributed by atoms with van der Waals surface area (Å²) in [4.78, 5) is 10.6. The van der Waals surface area contributed by atoms with Crippen LogP contribution in [0.15, 0.2) is 11.3 Å². The second kappa shape index (κ2) is 3.28. The molecular formula is C7H13NO. The number of Topliss-reactive ketones (excluding diaryl/α,β-unsaturated/α-hetero) is 1. The Morgan fingerprint density at radius 2 is 1.67 bits per heavy atom. The summed E-state index contributed by atoms with van der Waals surface area (Å²) in [5.74, 6) is 0.127. The van der Waals surface area contributed by atoms with Gasteiger partial charge in [0.15, 0.2) is 5.78 Å². The normalized spacial score (nSPS) is 12.4. The Hall–Kier alpha value is -0.790. The average molecular weight is 127 g/mol. The SMILES string of the molecule is CN/C(C)=C(\C)C(C)=O. The number of nitrogens with one attached hydrogen (secondary N) is 1. The van der Waals surface area contributed by atoms with Crippen LogP contribution in [-0.2, 0) is 4.79 Å². The van der Waals surface area contributed by atoms with E-state index >= 15 is 0 Å². The largest absolute Gasteiger partial charge is 0.391 e. The van der Waals surface area contributed by atoms with E-state index in [1.165, 1.54) is 0 Å². The fourth-order valence-corrected chi connectivity index (χ4v) is 0.452. The molecule has 0 unspecified atom stereocenters. The number of allylic oxidation sites excluding steroid dienone is 2. The zero-order valence-corrected chi connectivity index (χ0v) is 6.41. The molecule has 0 aliphatic rings. The Morgan fingerprint density at radius 1 is 1.22 bits per heavy atom. The van der Waals surface area contributed by atoms with Gasteiger partial charge in [-0.2, -0.15) is 0 Å². The number of ketones is 1. The summed E-state index contributed by atoms with van der Waals surface area (Å²) in [7, 11) is 1.81. The molecule has 0 aliphatic carbocycles. The molecule has 9 heavy (non-hydrogen) atoms. The van der Waals surface area contributed by atoms with Crippen molar-refractivity contribution < 1.29 is 4.79 Å². The molecule has 0 fully saturated rings. The van der Waals surface area contributed by atoms with Gasteiger partial charge in [0, 0.05) is 18.3 Å². The fraction of sp³-hybridized carbons (Fsp3) is 0.571. The van der Waals surface area contributed by atoms with E-state index in [2.05, 4.69) is 5.32 Å². The van der Waals surface area contributed by atoms with Crippen LogP contribution in [0.5, 0.6) is 0 Å². The van der Waals surface area contributed by atoms with Crippen molar-refractivity contribution in [1.82, 2.24) is 5.32 Å². The van der Waals surface area contributed by atoms with Crippen LogP contribution >= 0.6 is 0 Å². The van der Waals surface area contributed by atoms with Gasteiger partial charge in [-0.05, 0) is 20.8 Å². The molecule has 0 radical (unpaired) electrons. The number of hydrogen-bond acceptors (Lipinski definition) is 2. The highest BCUT2D eigenvalue weighted by atomic mass is 16.1. The van der Waals surface area contributed by atoms with Crippen molar-refractivity contribution in [2.75, 3.05) is 7.05 Å². The molecule has 1 N–H and O–H groups in total. The third-order valence-corrected chi connectivity index (χ3v) is 1.47. The number of carbonyl (C=O) groups excluding carboxylic acids is 1. The van der Waals surface area contributed by atoms with Crippen LogP contribution in [0, 0.1) is 0 Å². The molecule has 0 aromatic heterocycles. The molecule has 0 aliphatic heterocycles. The second-order valence-corrected chi connectivity index (χ2v) is 2.06. The van der Waals surface area contributed by atoms with E-state index in [0.717, 1.165) is 11.3 Å². The standard InChI is InChI=1S/C7H13NO/c1-5(7(3)9)6(2)8-4/h8H,1-4H3/b6-5+. The van der Waals surface area contributed by atoms with Gasteiger partial charge in [0.2, 0.25) is 0 Å². The van der Waals surface area contributed by atoms with Crippen LogP contribution in [-0.4, -0.2) is 12.8 Å². The van der Waals surface area contributed by atoms with E-state index in [4.69, 9.17) is 0 Å². The Kier molecular flexibility index (Phi) is 2.99. The van der Waals surface area contributed by atoms with Crippen LogP contribution in [0.1, 0.15) is 20.8 Å². The Labute approximate surface area is 56.0 Å². The lowest BCUT2D eigenvalue weighted by molar-refractivity contribution is -0.113. The van der Waals surface area contributed by atoms with Gasteiger partial charge >= 0.3 is 0 Å². The molecule has 0 atom stereocenters. The maximum absolute atomic E-state index is 10.6. The highest BCUT2D eigenvalue weighted by Gasteiger charge is 1.98. The summed E-state index contributed by atoms with van der Waals surface area (Å²) < 4.78 is 0. The van der Waals surface area contributed by atoms with Gasteiger partial charge in [-0.15, -0.1) is 0 Å². The van der Waals surface area contributed by atoms with Crippen molar-refractivity contribution in [2.45, 2.75) is 20.8 Å². The molecule has 0 spiro atoms. The summed E-state index contributed by atoms with van der Waals surface area (Å²) in [6.07, 6.45) is 0. The van der Waals surface area contributed by atoms with Crippen molar-refractivity contribution in [3.63, 3.8) is 0 Å². The number of carbonyl (C=O) groups is 1. The zero-order valence-electron chi connectivity index (χ0n) is 6.41. The topological polar surface area (TPSA) is 29.1 Å². The molecule has 0 aromatic rings. The average Bonchev–Trinajstić information content (AvgIpc) is 1.84. The van der Waals surface area contributed by atoms with E-state index in [1.807, 2.05) is 20.9 Å². The van der Waals surface area contributed by atoms with Crippen LogP contribution in [0.25, 0.3) is 0 Å². The lowest BCUT2D eigenvalue weighted by atomic mass is 10.2. The van der Waals surface area contributed by atoms with E-state index < -0.39 is 0 Å². The van der Waals surface area contributed by atoms with E-state index in [1.54, 1.807) is 6.92 Å². The maximum Gasteiger partial charge on any atom is 0.157 e. The van der Waals surface area contributed by atoms with Crippen molar-refractivity contribution in [2.24, 2.45) is 0 Å². The molecule has 0 rings (SSSR count). The lowest BCUT2D eigenvalue weighted by Crippen LogP contribution is -2.08. The second-order valence-electron chi connectivity index (χ2n) is 2.06. The molecule has 2 nitrogen and oxygen atoms in total. The first kappa shape index (κ1) is 8.21. The monoisotopic (exact) mass is 127 g/mol. The van der Waals surface area contributed by atoms with Crippen LogP contribution in [0.2, 0.25) is 0 Å². The smallest absolute Gasteiger partial charge is 0.157 e. The summed E-state index contributed by atoms with van der Waals surface area (Å²) in [5.41, 5.74) is 1.75. The minimum atomic E-state index is 0.127. The van der Waals surface area contributed by atoms with E-state index in [0.29, 0.717) is 0 Å². The summed E-state index contributed by atoms with van der Waals surface area (Å²) in [5, 5.41) is 2.90. The fourth-order valence-electron chi connectivity index (χ4n) is 0.452. The first-order chi connectivity index (χ1) is 4.09. The van der Waals surface area contributed by atoms with Gasteiger partial charge in [-0.3, -0.25) is 4.79 Å². The molecule has 2 heteroatoms. The van der Waals surface area contributed by atoms with Gasteiger partial charge in [0.25, 0.3) is 0 Å². The maximum atomic E-state index is 10.6. The van der Waals surface area contributed by atoms with Crippen molar-refractivity contribution in [1.29, 1.82) is 0 Å². The van der Waals surface area contributed by atoms with Crippen LogP contribution in [0.4, 0.5) is 0 Å². The van der Waals surface area contributed by atoms with Crippen molar-refractivity contribution in [3.05, 3.63) is 11.3 Å². The molecule has 0 aromatic carbocycles. The molecule has 0 heterocycles. The number of rotatable bonds is 2. The first-order valence-electron chi connectivity index (χ1n) is 2.95. The predicted molar refractivity (Wildman–Crippen MR) is 38.1 cm³/mol. The highest BCUT2D eigenvalue weighted by Crippen LogP contribution is 1.98. The van der Waals surface area contributed by atoms with Gasteiger partial charge < -0.3 is 5.32 Å². The van der Waals surface area contributed by atoms with E-state index in [9.17, 15) is 4.79 Å². The van der Waals surface area contributed by atoms with Gasteiger partial charge in [-0.1, -0.05) is 0 Å². The van der Waals surface area contributed by atoms with Gasteiger partial charge in [0.05, 0.1) is 0 Å².